The number of aromatic hydroxyl groups is 2. The van der Waals surface area contributed by atoms with E-state index in [4.69, 9.17) is 0 Å². The quantitative estimate of drug-likeness (QED) is 0.695. The summed E-state index contributed by atoms with van der Waals surface area (Å²) in [6.07, 6.45) is 3.32. The third-order valence-electron chi connectivity index (χ3n) is 5.28. The smallest absolute Gasteiger partial charge is 0.127 e. The van der Waals surface area contributed by atoms with E-state index in [0.717, 1.165) is 46.7 Å². The molecule has 2 N–H and O–H groups in total. The summed E-state index contributed by atoms with van der Waals surface area (Å²) in [6, 6.07) is 5.84. The number of hydrogen-bond donors (Lipinski definition) is 2. The summed E-state index contributed by atoms with van der Waals surface area (Å²) in [6.45, 7) is 4.21. The van der Waals surface area contributed by atoms with Crippen molar-refractivity contribution < 1.29 is 10.2 Å². The predicted molar refractivity (Wildman–Crippen MR) is 76.0 cm³/mol. The van der Waals surface area contributed by atoms with Crippen LogP contribution in [0.1, 0.15) is 48.8 Å². The molecule has 2 unspecified atom stereocenters. The van der Waals surface area contributed by atoms with Gasteiger partial charge in [-0.2, -0.15) is 0 Å². The third kappa shape index (κ3) is 1.17. The zero-order valence-electron chi connectivity index (χ0n) is 11.3. The molecule has 0 heterocycles. The maximum absolute atomic E-state index is 10.7. The molecular weight excluding hydrogens is 236 g/mol. The first-order valence-electron chi connectivity index (χ1n) is 7.00. The molecule has 4 rings (SSSR count). The van der Waals surface area contributed by atoms with Crippen LogP contribution >= 0.6 is 0 Å². The molecule has 0 radical (unpaired) electrons. The van der Waals surface area contributed by atoms with Crippen LogP contribution in [-0.4, -0.2) is 10.2 Å². The SMILES string of the molecule is Cc1cccc2c(O)c3c(c(O)c12)C1CCC3(C)C1. The van der Waals surface area contributed by atoms with Crippen LogP contribution in [0.15, 0.2) is 18.2 Å². The average Bonchev–Trinajstić information content (AvgIpc) is 2.89. The highest BCUT2D eigenvalue weighted by Crippen LogP contribution is 2.63. The number of phenolic OH excluding ortho intramolecular Hbond substituents is 2. The number of hydrogen-bond acceptors (Lipinski definition) is 2. The molecule has 2 aliphatic carbocycles. The van der Waals surface area contributed by atoms with Crippen molar-refractivity contribution in [2.45, 2.75) is 44.4 Å². The van der Waals surface area contributed by atoms with Crippen LogP contribution in [0.4, 0.5) is 0 Å². The molecule has 2 nitrogen and oxygen atoms in total. The van der Waals surface area contributed by atoms with Gasteiger partial charge in [0.25, 0.3) is 0 Å². The van der Waals surface area contributed by atoms with Crippen LogP contribution in [0, 0.1) is 6.92 Å². The Kier molecular flexibility index (Phi) is 1.90. The van der Waals surface area contributed by atoms with Gasteiger partial charge in [-0.3, -0.25) is 0 Å². The second-order valence-electron chi connectivity index (χ2n) is 6.48. The molecule has 0 saturated heterocycles. The fourth-order valence-corrected chi connectivity index (χ4v) is 4.42. The Hall–Kier alpha value is -1.70. The van der Waals surface area contributed by atoms with Crippen molar-refractivity contribution in [1.82, 2.24) is 0 Å². The summed E-state index contributed by atoms with van der Waals surface area (Å²) in [4.78, 5) is 0. The van der Waals surface area contributed by atoms with Crippen molar-refractivity contribution in [3.63, 3.8) is 0 Å². The normalized spacial score (nSPS) is 28.0. The van der Waals surface area contributed by atoms with E-state index in [1.807, 2.05) is 25.1 Å². The number of aryl methyl sites for hydroxylation is 1. The minimum Gasteiger partial charge on any atom is -0.507 e. The zero-order valence-corrected chi connectivity index (χ0v) is 11.3. The third-order valence-corrected chi connectivity index (χ3v) is 5.28. The summed E-state index contributed by atoms with van der Waals surface area (Å²) in [5.41, 5.74) is 3.12. The molecule has 2 aliphatic rings. The van der Waals surface area contributed by atoms with E-state index >= 15 is 0 Å². The lowest BCUT2D eigenvalue weighted by Crippen LogP contribution is -2.16. The largest absolute Gasteiger partial charge is 0.507 e. The first-order valence-corrected chi connectivity index (χ1v) is 7.00. The molecule has 2 aromatic carbocycles. The second-order valence-corrected chi connectivity index (χ2v) is 6.48. The van der Waals surface area contributed by atoms with Crippen molar-refractivity contribution in [2.24, 2.45) is 0 Å². The molecule has 2 heteroatoms. The molecule has 2 bridgehead atoms. The molecule has 2 atom stereocenters. The van der Waals surface area contributed by atoms with E-state index in [0.29, 0.717) is 17.4 Å². The molecule has 98 valence electrons. The first kappa shape index (κ1) is 11.2. The summed E-state index contributed by atoms with van der Waals surface area (Å²) in [7, 11) is 0. The van der Waals surface area contributed by atoms with Gasteiger partial charge in [0, 0.05) is 21.9 Å². The van der Waals surface area contributed by atoms with Gasteiger partial charge < -0.3 is 10.2 Å². The summed E-state index contributed by atoms with van der Waals surface area (Å²) in [5.74, 6) is 1.24. The summed E-state index contributed by atoms with van der Waals surface area (Å²) < 4.78 is 0. The van der Waals surface area contributed by atoms with E-state index in [1.54, 1.807) is 0 Å². The van der Waals surface area contributed by atoms with Crippen molar-refractivity contribution in [1.29, 1.82) is 0 Å². The first-order chi connectivity index (χ1) is 9.03. The molecule has 0 aliphatic heterocycles. The van der Waals surface area contributed by atoms with Gasteiger partial charge in [-0.15, -0.1) is 0 Å². The van der Waals surface area contributed by atoms with Gasteiger partial charge in [0.1, 0.15) is 11.5 Å². The molecular formula is C17H18O2. The van der Waals surface area contributed by atoms with E-state index < -0.39 is 0 Å². The van der Waals surface area contributed by atoms with E-state index in [1.165, 1.54) is 0 Å². The lowest BCUT2D eigenvalue weighted by molar-refractivity contribution is 0.427. The van der Waals surface area contributed by atoms with Gasteiger partial charge in [0.2, 0.25) is 0 Å². The van der Waals surface area contributed by atoms with Gasteiger partial charge in [-0.25, -0.2) is 0 Å². The molecule has 0 aromatic heterocycles. The molecule has 1 saturated carbocycles. The van der Waals surface area contributed by atoms with Crippen molar-refractivity contribution >= 4 is 10.8 Å². The van der Waals surface area contributed by atoms with E-state index in [-0.39, 0.29) is 5.41 Å². The summed E-state index contributed by atoms with van der Waals surface area (Å²) in [5, 5.41) is 23.0. The maximum atomic E-state index is 10.7. The minimum absolute atomic E-state index is 0.0551. The standard InChI is InChI=1S/C17H18O2/c1-9-4-3-5-11-12(9)16(19)13-10-6-7-17(2,8-10)14(13)15(11)18/h3-5,10,18-19H,6-8H2,1-2H3. The molecule has 0 amide bonds. The molecule has 0 spiro atoms. The fourth-order valence-electron chi connectivity index (χ4n) is 4.42. The average molecular weight is 254 g/mol. The van der Waals surface area contributed by atoms with Crippen molar-refractivity contribution in [3.8, 4) is 11.5 Å². The molecule has 2 aromatic rings. The van der Waals surface area contributed by atoms with Gasteiger partial charge in [0.05, 0.1) is 0 Å². The number of phenols is 2. The van der Waals surface area contributed by atoms with Gasteiger partial charge in [0.15, 0.2) is 0 Å². The Balaban J connectivity index is 2.22. The Morgan fingerprint density at radius 2 is 2.00 bits per heavy atom. The number of rotatable bonds is 0. The van der Waals surface area contributed by atoms with Crippen LogP contribution in [0.2, 0.25) is 0 Å². The Labute approximate surface area is 112 Å². The topological polar surface area (TPSA) is 40.5 Å². The van der Waals surface area contributed by atoms with Crippen LogP contribution in [-0.2, 0) is 5.41 Å². The number of fused-ring (bicyclic) bond motifs is 6. The van der Waals surface area contributed by atoms with Crippen LogP contribution in [0.25, 0.3) is 10.8 Å². The Bertz CT molecular complexity index is 717. The zero-order chi connectivity index (χ0) is 13.4. The second kappa shape index (κ2) is 3.24. The van der Waals surface area contributed by atoms with Gasteiger partial charge in [-0.05, 0) is 43.1 Å². The minimum atomic E-state index is 0.0551. The lowest BCUT2D eigenvalue weighted by atomic mass is 9.78. The predicted octanol–water partition coefficient (Wildman–Crippen LogP) is 4.10. The Morgan fingerprint density at radius 1 is 1.21 bits per heavy atom. The van der Waals surface area contributed by atoms with Crippen LogP contribution in [0.3, 0.4) is 0 Å². The van der Waals surface area contributed by atoms with Gasteiger partial charge in [-0.1, -0.05) is 25.1 Å². The number of benzene rings is 2. The van der Waals surface area contributed by atoms with Gasteiger partial charge >= 0.3 is 0 Å². The lowest BCUT2D eigenvalue weighted by Gasteiger charge is -2.27. The van der Waals surface area contributed by atoms with Crippen LogP contribution < -0.4 is 0 Å². The summed E-state index contributed by atoms with van der Waals surface area (Å²) >= 11 is 0. The fraction of sp³-hybridized carbons (Fsp3) is 0.412. The Morgan fingerprint density at radius 3 is 2.79 bits per heavy atom. The monoisotopic (exact) mass is 254 g/mol. The van der Waals surface area contributed by atoms with E-state index in [9.17, 15) is 10.2 Å². The molecule has 1 fully saturated rings. The highest BCUT2D eigenvalue weighted by Gasteiger charge is 2.49. The maximum Gasteiger partial charge on any atom is 0.127 e. The van der Waals surface area contributed by atoms with E-state index in [2.05, 4.69) is 6.92 Å². The highest BCUT2D eigenvalue weighted by atomic mass is 16.3. The van der Waals surface area contributed by atoms with Crippen molar-refractivity contribution in [2.75, 3.05) is 0 Å². The highest BCUT2D eigenvalue weighted by molar-refractivity contribution is 5.98. The van der Waals surface area contributed by atoms with Crippen molar-refractivity contribution in [3.05, 3.63) is 34.9 Å². The van der Waals surface area contributed by atoms with Crippen LogP contribution in [0.5, 0.6) is 11.5 Å². The molecule has 19 heavy (non-hydrogen) atoms.